The molecule has 0 atom stereocenters. The van der Waals surface area contributed by atoms with Crippen LogP contribution in [0.15, 0.2) is 58.9 Å². The van der Waals surface area contributed by atoms with Crippen LogP contribution in [0.4, 0.5) is 0 Å². The molecule has 0 N–H and O–H groups in total. The maximum Gasteiger partial charge on any atom is 0.263 e. The Morgan fingerprint density at radius 2 is 1.71 bits per heavy atom. The summed E-state index contributed by atoms with van der Waals surface area (Å²) in [7, 11) is 0.713. The fourth-order valence-electron chi connectivity index (χ4n) is 3.01. The number of methoxy groups -OCH3 is 3. The van der Waals surface area contributed by atoms with Crippen molar-refractivity contribution in [2.24, 2.45) is 4.99 Å². The highest BCUT2D eigenvalue weighted by atomic mass is 32.2. The normalized spacial score (nSPS) is 12.0. The molecular weight excluding hydrogens is 440 g/mol. The van der Waals surface area contributed by atoms with Crippen LogP contribution in [0, 0.1) is 0 Å². The van der Waals surface area contributed by atoms with Crippen molar-refractivity contribution >= 4 is 37.3 Å². The first-order chi connectivity index (χ1) is 14.8. The molecular formula is C21H22N2O6S2. The summed E-state index contributed by atoms with van der Waals surface area (Å²) >= 11 is 1.21. The van der Waals surface area contributed by atoms with Crippen molar-refractivity contribution in [3.63, 3.8) is 0 Å². The van der Waals surface area contributed by atoms with E-state index in [2.05, 4.69) is 11.6 Å². The van der Waals surface area contributed by atoms with Gasteiger partial charge in [0.05, 0.1) is 26.2 Å². The van der Waals surface area contributed by atoms with E-state index in [0.29, 0.717) is 34.1 Å². The second-order valence-corrected chi connectivity index (χ2v) is 9.34. The number of aromatic nitrogens is 1. The fraction of sp³-hybridized carbons (Fsp3) is 0.238. The Hall–Kier alpha value is -3.11. The van der Waals surface area contributed by atoms with E-state index in [-0.39, 0.29) is 4.90 Å². The summed E-state index contributed by atoms with van der Waals surface area (Å²) in [5, 5.41) is 0. The lowest BCUT2D eigenvalue weighted by molar-refractivity contribution is -0.115. The molecule has 0 aliphatic carbocycles. The molecule has 0 aliphatic heterocycles. The van der Waals surface area contributed by atoms with Gasteiger partial charge in [-0.1, -0.05) is 17.4 Å². The highest BCUT2D eigenvalue weighted by Crippen LogP contribution is 2.35. The van der Waals surface area contributed by atoms with Crippen LogP contribution in [0.3, 0.4) is 0 Å². The number of ether oxygens (including phenoxy) is 3. The molecule has 10 heteroatoms. The fourth-order valence-corrected chi connectivity index (χ4v) is 5.28. The van der Waals surface area contributed by atoms with Gasteiger partial charge in [-0.25, -0.2) is 8.42 Å². The Morgan fingerprint density at radius 1 is 1.06 bits per heavy atom. The van der Waals surface area contributed by atoms with Gasteiger partial charge in [-0.3, -0.25) is 4.79 Å². The number of fused-ring (bicyclic) bond motifs is 1. The van der Waals surface area contributed by atoms with E-state index in [1.165, 1.54) is 42.7 Å². The lowest BCUT2D eigenvalue weighted by Gasteiger charge is -2.08. The molecule has 1 amide bonds. The first kappa shape index (κ1) is 22.6. The van der Waals surface area contributed by atoms with Crippen LogP contribution in [0.25, 0.3) is 10.2 Å². The molecule has 1 aromatic heterocycles. The predicted octanol–water partition coefficient (Wildman–Crippen LogP) is 2.82. The number of rotatable bonds is 8. The zero-order valence-corrected chi connectivity index (χ0v) is 19.0. The number of hydrogen-bond acceptors (Lipinski definition) is 7. The van der Waals surface area contributed by atoms with E-state index in [1.807, 2.05) is 0 Å². The smallest absolute Gasteiger partial charge is 0.263 e. The second kappa shape index (κ2) is 9.36. The van der Waals surface area contributed by atoms with Gasteiger partial charge in [-0.15, -0.1) is 6.58 Å². The largest absolute Gasteiger partial charge is 0.497 e. The summed E-state index contributed by atoms with van der Waals surface area (Å²) in [5.74, 6) is 0.161. The molecule has 0 fully saturated rings. The van der Waals surface area contributed by atoms with Gasteiger partial charge in [0.15, 0.2) is 14.6 Å². The van der Waals surface area contributed by atoms with Crippen molar-refractivity contribution in [2.45, 2.75) is 11.4 Å². The van der Waals surface area contributed by atoms with E-state index in [9.17, 15) is 13.2 Å². The van der Waals surface area contributed by atoms with Crippen LogP contribution >= 0.6 is 11.3 Å². The van der Waals surface area contributed by atoms with Crippen molar-refractivity contribution in [2.75, 3.05) is 27.1 Å². The van der Waals surface area contributed by atoms with Gasteiger partial charge in [0, 0.05) is 6.54 Å². The Kier molecular flexibility index (Phi) is 6.81. The Balaban J connectivity index is 2.05. The molecule has 0 aliphatic rings. The van der Waals surface area contributed by atoms with Crippen molar-refractivity contribution in [1.29, 1.82) is 0 Å². The summed E-state index contributed by atoms with van der Waals surface area (Å²) < 4.78 is 43.6. The first-order valence-corrected chi connectivity index (χ1v) is 11.6. The Morgan fingerprint density at radius 3 is 2.29 bits per heavy atom. The summed E-state index contributed by atoms with van der Waals surface area (Å²) in [5.41, 5.74) is 0.691. The van der Waals surface area contributed by atoms with Crippen molar-refractivity contribution < 1.29 is 27.4 Å². The van der Waals surface area contributed by atoms with Crippen molar-refractivity contribution in [3.8, 4) is 17.2 Å². The minimum absolute atomic E-state index is 0.0236. The summed E-state index contributed by atoms with van der Waals surface area (Å²) in [4.78, 5) is 17.0. The van der Waals surface area contributed by atoms with Gasteiger partial charge in [0.1, 0.15) is 33.2 Å². The molecule has 0 radical (unpaired) electrons. The first-order valence-electron chi connectivity index (χ1n) is 9.14. The van der Waals surface area contributed by atoms with E-state index >= 15 is 0 Å². The Labute approximate surface area is 183 Å². The number of sulfone groups is 1. The van der Waals surface area contributed by atoms with E-state index in [0.717, 1.165) is 4.70 Å². The summed E-state index contributed by atoms with van der Waals surface area (Å²) in [6.07, 6.45) is 1.66. The highest BCUT2D eigenvalue weighted by Gasteiger charge is 2.21. The van der Waals surface area contributed by atoms with Gasteiger partial charge >= 0.3 is 0 Å². The minimum Gasteiger partial charge on any atom is -0.497 e. The van der Waals surface area contributed by atoms with E-state index in [1.54, 1.807) is 37.0 Å². The lowest BCUT2D eigenvalue weighted by atomic mass is 10.3. The third kappa shape index (κ3) is 4.64. The number of thiazole rings is 1. The number of carbonyl (C=O) groups is 1. The van der Waals surface area contributed by atoms with Crippen LogP contribution in [-0.4, -0.2) is 46.0 Å². The van der Waals surface area contributed by atoms with Crippen molar-refractivity contribution in [1.82, 2.24) is 4.57 Å². The summed E-state index contributed by atoms with van der Waals surface area (Å²) in [6, 6.07) is 9.36. The zero-order valence-electron chi connectivity index (χ0n) is 17.3. The lowest BCUT2D eigenvalue weighted by Crippen LogP contribution is -2.20. The van der Waals surface area contributed by atoms with Crippen LogP contribution in [0.1, 0.15) is 0 Å². The molecule has 0 unspecified atom stereocenters. The average Bonchev–Trinajstić information content (AvgIpc) is 3.11. The number of amides is 1. The molecule has 0 saturated carbocycles. The number of nitrogens with zero attached hydrogens (tertiary/aromatic N) is 2. The molecule has 3 aromatic rings. The van der Waals surface area contributed by atoms with E-state index < -0.39 is 21.5 Å². The maximum atomic E-state index is 12.6. The molecule has 1 heterocycles. The quantitative estimate of drug-likeness (QED) is 0.478. The van der Waals surface area contributed by atoms with Gasteiger partial charge in [0.25, 0.3) is 5.91 Å². The monoisotopic (exact) mass is 462 g/mol. The predicted molar refractivity (Wildman–Crippen MR) is 119 cm³/mol. The van der Waals surface area contributed by atoms with Crippen molar-refractivity contribution in [3.05, 3.63) is 53.9 Å². The molecule has 3 rings (SSSR count). The molecule has 164 valence electrons. The average molecular weight is 463 g/mol. The van der Waals surface area contributed by atoms with Crippen LogP contribution < -0.4 is 19.0 Å². The third-order valence-corrected chi connectivity index (χ3v) is 7.17. The molecule has 0 spiro atoms. The van der Waals surface area contributed by atoms with Crippen LogP contribution in [0.2, 0.25) is 0 Å². The minimum atomic E-state index is -3.86. The maximum absolute atomic E-state index is 12.6. The zero-order chi connectivity index (χ0) is 22.6. The van der Waals surface area contributed by atoms with Gasteiger partial charge < -0.3 is 18.8 Å². The Bertz CT molecular complexity index is 1290. The van der Waals surface area contributed by atoms with Gasteiger partial charge in [-0.05, 0) is 36.4 Å². The second-order valence-electron chi connectivity index (χ2n) is 6.37. The van der Waals surface area contributed by atoms with Crippen LogP contribution in [-0.2, 0) is 21.2 Å². The van der Waals surface area contributed by atoms with Crippen LogP contribution in [0.5, 0.6) is 17.2 Å². The molecule has 0 bridgehead atoms. The number of allylic oxidation sites excluding steroid dienone is 1. The highest BCUT2D eigenvalue weighted by molar-refractivity contribution is 7.92. The molecule has 2 aromatic carbocycles. The topological polar surface area (TPSA) is 96.2 Å². The standard InChI is InChI=1S/C21H22N2O6S2/c1-5-12-23-19-16(28-3)10-11-17(29-4)20(19)30-21(23)22-18(24)13-31(25,26)15-8-6-14(27-2)7-9-15/h5-11H,1,12-13H2,2-4H3. The molecule has 31 heavy (non-hydrogen) atoms. The number of benzene rings is 2. The SMILES string of the molecule is C=CCn1c(=NC(=O)CS(=O)(=O)c2ccc(OC)cc2)sc2c(OC)ccc(OC)c21. The number of hydrogen-bond donors (Lipinski definition) is 0. The van der Waals surface area contributed by atoms with E-state index in [4.69, 9.17) is 14.2 Å². The third-order valence-electron chi connectivity index (χ3n) is 4.46. The van der Waals surface area contributed by atoms with Gasteiger partial charge in [-0.2, -0.15) is 4.99 Å². The van der Waals surface area contributed by atoms with Gasteiger partial charge in [0.2, 0.25) is 0 Å². The number of carbonyl (C=O) groups excluding carboxylic acids is 1. The molecule has 8 nitrogen and oxygen atoms in total. The summed E-state index contributed by atoms with van der Waals surface area (Å²) in [6.45, 7) is 4.10. The molecule has 0 saturated heterocycles.